The summed E-state index contributed by atoms with van der Waals surface area (Å²) >= 11 is 0. The van der Waals surface area contributed by atoms with Gasteiger partial charge in [0.25, 0.3) is 10.0 Å². The summed E-state index contributed by atoms with van der Waals surface area (Å²) in [7, 11) is -4.20. The fourth-order valence-corrected chi connectivity index (χ4v) is 5.76. The quantitative estimate of drug-likeness (QED) is 0.222. The third-order valence-corrected chi connectivity index (χ3v) is 8.37. The molecular formula is C33H34FN3O5S. The Morgan fingerprint density at radius 3 is 1.93 bits per heavy atom. The zero-order chi connectivity index (χ0) is 31.0. The maximum Gasteiger partial charge on any atom is 0.264 e. The molecule has 4 aromatic carbocycles. The number of carbonyl (C=O) groups is 2. The molecule has 10 heteroatoms. The third-order valence-electron chi connectivity index (χ3n) is 6.58. The Hall–Kier alpha value is -4.70. The first-order valence-electron chi connectivity index (χ1n) is 13.8. The van der Waals surface area contributed by atoms with Gasteiger partial charge < -0.3 is 15.0 Å². The first-order chi connectivity index (χ1) is 20.5. The van der Waals surface area contributed by atoms with Crippen LogP contribution < -0.4 is 14.4 Å². The number of nitrogens with zero attached hydrogens (tertiary/aromatic N) is 2. The highest BCUT2D eigenvalue weighted by atomic mass is 32.2. The molecule has 0 fully saturated rings. The van der Waals surface area contributed by atoms with E-state index in [-0.39, 0.29) is 23.2 Å². The van der Waals surface area contributed by atoms with Crippen LogP contribution in [0.4, 0.5) is 10.1 Å². The Morgan fingerprint density at radius 1 is 0.791 bits per heavy atom. The first kappa shape index (κ1) is 31.2. The fourth-order valence-electron chi connectivity index (χ4n) is 4.33. The van der Waals surface area contributed by atoms with Crippen LogP contribution in [0.3, 0.4) is 0 Å². The van der Waals surface area contributed by atoms with Crippen molar-refractivity contribution in [1.82, 2.24) is 10.2 Å². The average molecular weight is 604 g/mol. The van der Waals surface area contributed by atoms with E-state index in [0.717, 1.165) is 4.31 Å². The van der Waals surface area contributed by atoms with Crippen molar-refractivity contribution >= 4 is 27.5 Å². The lowest BCUT2D eigenvalue weighted by molar-refractivity contribution is -0.139. The lowest BCUT2D eigenvalue weighted by Gasteiger charge is -2.32. The molecule has 1 N–H and O–H groups in total. The van der Waals surface area contributed by atoms with Gasteiger partial charge >= 0.3 is 0 Å². The number of hydrogen-bond donors (Lipinski definition) is 1. The fraction of sp³-hybridized carbons (Fsp3) is 0.212. The molecule has 1 atom stereocenters. The van der Waals surface area contributed by atoms with Crippen LogP contribution in [0.1, 0.15) is 26.3 Å². The highest BCUT2D eigenvalue weighted by Crippen LogP contribution is 2.28. The summed E-state index contributed by atoms with van der Waals surface area (Å²) < 4.78 is 48.3. The maximum atomic E-state index is 14.0. The Morgan fingerprint density at radius 2 is 1.35 bits per heavy atom. The van der Waals surface area contributed by atoms with Crippen molar-refractivity contribution in [1.29, 1.82) is 0 Å². The number of anilines is 1. The summed E-state index contributed by atoms with van der Waals surface area (Å²) in [6.45, 7) is 4.56. The lowest BCUT2D eigenvalue weighted by atomic mass is 10.1. The van der Waals surface area contributed by atoms with Crippen LogP contribution in [0.2, 0.25) is 0 Å². The number of nitrogens with one attached hydrogen (secondary N) is 1. The van der Waals surface area contributed by atoms with Crippen molar-refractivity contribution < 1.29 is 27.1 Å². The second-order valence-corrected chi connectivity index (χ2v) is 12.1. The van der Waals surface area contributed by atoms with Crippen LogP contribution in [-0.2, 0) is 26.2 Å². The van der Waals surface area contributed by atoms with E-state index in [4.69, 9.17) is 4.74 Å². The maximum absolute atomic E-state index is 14.0. The number of ether oxygens (including phenoxy) is 1. The van der Waals surface area contributed by atoms with Gasteiger partial charge in [0.2, 0.25) is 11.8 Å². The van der Waals surface area contributed by atoms with Gasteiger partial charge in [-0.15, -0.1) is 0 Å². The zero-order valence-electron chi connectivity index (χ0n) is 24.2. The predicted octanol–water partition coefficient (Wildman–Crippen LogP) is 5.76. The number of amides is 2. The van der Waals surface area contributed by atoms with E-state index in [2.05, 4.69) is 5.32 Å². The number of para-hydroxylation sites is 1. The second-order valence-electron chi connectivity index (χ2n) is 10.2. The Bertz CT molecular complexity index is 1620. The van der Waals surface area contributed by atoms with Crippen LogP contribution in [0.5, 0.6) is 11.5 Å². The highest BCUT2D eigenvalue weighted by Gasteiger charge is 2.32. The molecule has 43 heavy (non-hydrogen) atoms. The van der Waals surface area contributed by atoms with E-state index < -0.39 is 40.2 Å². The van der Waals surface area contributed by atoms with E-state index in [1.165, 1.54) is 41.3 Å². The Kier molecular flexibility index (Phi) is 10.2. The molecule has 0 spiro atoms. The number of halogens is 1. The van der Waals surface area contributed by atoms with Gasteiger partial charge in [0.1, 0.15) is 29.9 Å². The molecule has 4 rings (SSSR count). The molecule has 0 saturated carbocycles. The van der Waals surface area contributed by atoms with Crippen molar-refractivity contribution in [2.75, 3.05) is 10.8 Å². The van der Waals surface area contributed by atoms with E-state index in [0.29, 0.717) is 17.1 Å². The molecule has 0 aliphatic carbocycles. The van der Waals surface area contributed by atoms with Gasteiger partial charge in [-0.05, 0) is 87.0 Å². The molecule has 0 heterocycles. The van der Waals surface area contributed by atoms with Crippen LogP contribution >= 0.6 is 0 Å². The lowest BCUT2D eigenvalue weighted by Crippen LogP contribution is -2.52. The molecule has 0 aliphatic heterocycles. The van der Waals surface area contributed by atoms with Crippen LogP contribution in [0.25, 0.3) is 0 Å². The van der Waals surface area contributed by atoms with Crippen molar-refractivity contribution in [2.24, 2.45) is 0 Å². The predicted molar refractivity (Wildman–Crippen MR) is 164 cm³/mol. The molecule has 0 saturated heterocycles. The normalized spacial score (nSPS) is 11.9. The van der Waals surface area contributed by atoms with Gasteiger partial charge in [-0.1, -0.05) is 48.5 Å². The standard InChI is InChI=1S/C33H34FN3O5S/c1-24(2)35-33(39)25(3)36(22-26-14-16-27(34)17-15-26)32(38)23-37(43(40,41)31-12-8-5-9-13-31)28-18-20-30(21-19-28)42-29-10-6-4-7-11-29/h4-21,24-25H,22-23H2,1-3H3,(H,35,39). The minimum absolute atomic E-state index is 0.00287. The van der Waals surface area contributed by atoms with Crippen LogP contribution in [0, 0.1) is 5.82 Å². The summed E-state index contributed by atoms with van der Waals surface area (Å²) in [5, 5.41) is 2.80. The molecule has 0 bridgehead atoms. The van der Waals surface area contributed by atoms with Gasteiger partial charge in [-0.3, -0.25) is 13.9 Å². The summed E-state index contributed by atoms with van der Waals surface area (Å²) in [4.78, 5) is 28.3. The third kappa shape index (κ3) is 8.20. The van der Waals surface area contributed by atoms with E-state index in [1.807, 2.05) is 18.2 Å². The number of carbonyl (C=O) groups excluding carboxylic acids is 2. The number of rotatable bonds is 12. The van der Waals surface area contributed by atoms with E-state index in [1.54, 1.807) is 75.4 Å². The Labute approximate surface area is 251 Å². The van der Waals surface area contributed by atoms with Gasteiger partial charge in [-0.2, -0.15) is 0 Å². The summed E-state index contributed by atoms with van der Waals surface area (Å²) in [5.41, 5.74) is 0.817. The molecule has 2 amide bonds. The topological polar surface area (TPSA) is 96.0 Å². The molecule has 4 aromatic rings. The Balaban J connectivity index is 1.69. The zero-order valence-corrected chi connectivity index (χ0v) is 25.0. The summed E-state index contributed by atoms with van der Waals surface area (Å²) in [6, 6.07) is 27.8. The van der Waals surface area contributed by atoms with Crippen LogP contribution in [0.15, 0.2) is 114 Å². The molecule has 1 unspecified atom stereocenters. The number of hydrogen-bond acceptors (Lipinski definition) is 5. The molecule has 0 aromatic heterocycles. The van der Waals surface area contributed by atoms with Crippen molar-refractivity contribution in [2.45, 2.75) is 44.3 Å². The monoisotopic (exact) mass is 603 g/mol. The minimum Gasteiger partial charge on any atom is -0.457 e. The first-order valence-corrected chi connectivity index (χ1v) is 15.2. The van der Waals surface area contributed by atoms with Gasteiger partial charge in [-0.25, -0.2) is 12.8 Å². The average Bonchev–Trinajstić information content (AvgIpc) is 3.00. The van der Waals surface area contributed by atoms with Gasteiger partial charge in [0.15, 0.2) is 0 Å². The molecular weight excluding hydrogens is 569 g/mol. The van der Waals surface area contributed by atoms with E-state index in [9.17, 15) is 22.4 Å². The van der Waals surface area contributed by atoms with Crippen molar-refractivity contribution in [3.63, 3.8) is 0 Å². The molecule has 0 aliphatic rings. The van der Waals surface area contributed by atoms with Gasteiger partial charge in [0, 0.05) is 12.6 Å². The SMILES string of the molecule is CC(C)NC(=O)C(C)N(Cc1ccc(F)cc1)C(=O)CN(c1ccc(Oc2ccccc2)cc1)S(=O)(=O)c1ccccc1. The number of benzene rings is 4. The van der Waals surface area contributed by atoms with Crippen molar-refractivity contribution in [3.8, 4) is 11.5 Å². The minimum atomic E-state index is -4.20. The molecule has 0 radical (unpaired) electrons. The summed E-state index contributed by atoms with van der Waals surface area (Å²) in [6.07, 6.45) is 0. The second kappa shape index (κ2) is 14.0. The van der Waals surface area contributed by atoms with Gasteiger partial charge in [0.05, 0.1) is 10.6 Å². The largest absolute Gasteiger partial charge is 0.457 e. The summed E-state index contributed by atoms with van der Waals surface area (Å²) in [5.74, 6) is -0.350. The smallest absolute Gasteiger partial charge is 0.264 e. The molecule has 8 nitrogen and oxygen atoms in total. The van der Waals surface area contributed by atoms with E-state index >= 15 is 0 Å². The molecule has 224 valence electrons. The number of sulfonamides is 1. The highest BCUT2D eigenvalue weighted by molar-refractivity contribution is 7.92. The van der Waals surface area contributed by atoms with Crippen molar-refractivity contribution in [3.05, 3.63) is 121 Å². The van der Waals surface area contributed by atoms with Crippen LogP contribution in [-0.4, -0.2) is 43.8 Å².